The number of carbonyl (C=O) groups is 2. The molecule has 0 spiro atoms. The summed E-state index contributed by atoms with van der Waals surface area (Å²) >= 11 is 0. The van der Waals surface area contributed by atoms with E-state index in [4.69, 9.17) is 18.5 Å². The van der Waals surface area contributed by atoms with Crippen molar-refractivity contribution < 1.29 is 42.1 Å². The number of hydrogen-bond acceptors (Lipinski definition) is 8. The third kappa shape index (κ3) is 44.7. The second-order valence-electron chi connectivity index (χ2n) is 16.4. The van der Waals surface area contributed by atoms with E-state index in [-0.39, 0.29) is 26.1 Å². The lowest BCUT2D eigenvalue weighted by molar-refractivity contribution is -0.870. The molecule has 344 valence electrons. The quantitative estimate of drug-likeness (QED) is 0.0196. The van der Waals surface area contributed by atoms with Gasteiger partial charge in [0.15, 0.2) is 6.10 Å². The second kappa shape index (κ2) is 41.5. The number of phosphoric ester groups is 1. The molecule has 2 atom stereocenters. The molecular weight excluding hydrogens is 774 g/mol. The molecule has 0 amide bonds. The van der Waals surface area contributed by atoms with Crippen molar-refractivity contribution in [3.8, 4) is 0 Å². The first-order chi connectivity index (χ1) is 29.0. The third-order valence-electron chi connectivity index (χ3n) is 9.40. The zero-order chi connectivity index (χ0) is 44.3. The van der Waals surface area contributed by atoms with Crippen molar-refractivity contribution in [2.75, 3.05) is 47.5 Å². The van der Waals surface area contributed by atoms with Crippen molar-refractivity contribution in [1.29, 1.82) is 0 Å². The highest BCUT2D eigenvalue weighted by atomic mass is 31.2. The van der Waals surface area contributed by atoms with Gasteiger partial charge in [0.2, 0.25) is 0 Å². The first kappa shape index (κ1) is 57.2. The van der Waals surface area contributed by atoms with Crippen LogP contribution in [0.25, 0.3) is 0 Å². The van der Waals surface area contributed by atoms with E-state index in [1.165, 1.54) is 57.8 Å². The van der Waals surface area contributed by atoms with Crippen LogP contribution in [-0.4, -0.2) is 70.0 Å². The first-order valence-electron chi connectivity index (χ1n) is 23.3. The minimum atomic E-state index is -4.65. The van der Waals surface area contributed by atoms with Gasteiger partial charge in [-0.1, -0.05) is 157 Å². The lowest BCUT2D eigenvalue weighted by Crippen LogP contribution is -2.37. The lowest BCUT2D eigenvalue weighted by Gasteiger charge is -2.28. The minimum absolute atomic E-state index is 0.0465. The maximum atomic E-state index is 12.7. The Morgan fingerprint density at radius 2 is 0.967 bits per heavy atom. The van der Waals surface area contributed by atoms with Gasteiger partial charge < -0.3 is 27.9 Å². The van der Waals surface area contributed by atoms with Gasteiger partial charge in [0.1, 0.15) is 19.8 Å². The van der Waals surface area contributed by atoms with E-state index in [1.807, 2.05) is 27.2 Å². The number of carbonyl (C=O) groups excluding carboxylic acids is 2. The van der Waals surface area contributed by atoms with Gasteiger partial charge >= 0.3 is 11.9 Å². The predicted octanol–water partition coefficient (Wildman–Crippen LogP) is 12.9. The van der Waals surface area contributed by atoms with Crippen LogP contribution in [0.4, 0.5) is 0 Å². The van der Waals surface area contributed by atoms with Crippen LogP contribution < -0.4 is 4.89 Å². The van der Waals surface area contributed by atoms with E-state index in [0.717, 1.165) is 64.2 Å². The zero-order valence-corrected chi connectivity index (χ0v) is 39.5. The zero-order valence-electron chi connectivity index (χ0n) is 38.6. The lowest BCUT2D eigenvalue weighted by atomic mass is 10.1. The Morgan fingerprint density at radius 1 is 0.533 bits per heavy atom. The van der Waals surface area contributed by atoms with Crippen LogP contribution in [0.15, 0.2) is 85.1 Å². The van der Waals surface area contributed by atoms with Crippen LogP contribution in [0, 0.1) is 0 Å². The number of likely N-dealkylation sites (N-methyl/N-ethyl adjacent to an activating group) is 1. The van der Waals surface area contributed by atoms with E-state index in [2.05, 4.69) is 92.8 Å². The summed E-state index contributed by atoms with van der Waals surface area (Å²) in [5.41, 5.74) is 0. The van der Waals surface area contributed by atoms with Gasteiger partial charge in [0.05, 0.1) is 27.7 Å². The molecule has 0 N–H and O–H groups in total. The van der Waals surface area contributed by atoms with Crippen molar-refractivity contribution in [1.82, 2.24) is 0 Å². The van der Waals surface area contributed by atoms with Crippen LogP contribution in [-0.2, 0) is 32.7 Å². The van der Waals surface area contributed by atoms with Gasteiger partial charge in [-0.05, 0) is 83.5 Å². The number of unbranched alkanes of at least 4 members (excludes halogenated alkanes) is 13. The molecule has 0 aliphatic carbocycles. The summed E-state index contributed by atoms with van der Waals surface area (Å²) < 4.78 is 33.9. The fraction of sp³-hybridized carbons (Fsp3) is 0.680. The molecule has 1 unspecified atom stereocenters. The van der Waals surface area contributed by atoms with Gasteiger partial charge in [-0.15, -0.1) is 0 Å². The molecule has 0 radical (unpaired) electrons. The number of phosphoric acid groups is 1. The van der Waals surface area contributed by atoms with Gasteiger partial charge in [-0.25, -0.2) is 0 Å². The highest BCUT2D eigenvalue weighted by Gasteiger charge is 2.21. The summed E-state index contributed by atoms with van der Waals surface area (Å²) in [6, 6.07) is 0. The molecule has 0 fully saturated rings. The van der Waals surface area contributed by atoms with Crippen LogP contribution in [0.5, 0.6) is 0 Å². The number of hydrogen-bond donors (Lipinski definition) is 0. The van der Waals surface area contributed by atoms with Gasteiger partial charge in [0.25, 0.3) is 7.82 Å². The SMILES string of the molecule is CC/C=C\C/C=C\C/C=C\C/C=C\C/C=C\CCCC(=O)O[C@H](COC(=O)CCCCCCCCCCC/C=C\C/C=C\CCCCC)COP(=O)([O-])OCC[N+](C)(C)C. The van der Waals surface area contributed by atoms with Gasteiger partial charge in [-0.3, -0.25) is 14.2 Å². The summed E-state index contributed by atoms with van der Waals surface area (Å²) in [4.78, 5) is 37.6. The number of nitrogens with zero attached hydrogens (tertiary/aromatic N) is 1. The Balaban J connectivity index is 4.42. The second-order valence-corrected chi connectivity index (χ2v) is 17.8. The molecule has 0 rings (SSSR count). The Kier molecular flexibility index (Phi) is 39.6. The molecule has 9 nitrogen and oxygen atoms in total. The minimum Gasteiger partial charge on any atom is -0.756 e. The largest absolute Gasteiger partial charge is 0.756 e. The van der Waals surface area contributed by atoms with Crippen molar-refractivity contribution in [3.05, 3.63) is 85.1 Å². The van der Waals surface area contributed by atoms with Crippen molar-refractivity contribution >= 4 is 19.8 Å². The maximum Gasteiger partial charge on any atom is 0.306 e. The van der Waals surface area contributed by atoms with Crippen molar-refractivity contribution in [2.45, 2.75) is 174 Å². The highest BCUT2D eigenvalue weighted by molar-refractivity contribution is 7.45. The number of ether oxygens (including phenoxy) is 2. The molecule has 0 saturated heterocycles. The van der Waals surface area contributed by atoms with Crippen LogP contribution in [0.2, 0.25) is 0 Å². The molecule has 0 saturated carbocycles. The number of allylic oxidation sites excluding steroid dienone is 14. The maximum absolute atomic E-state index is 12.7. The van der Waals surface area contributed by atoms with E-state index in [1.54, 1.807) is 0 Å². The summed E-state index contributed by atoms with van der Waals surface area (Å²) in [6.07, 6.45) is 53.3. The molecule has 10 heteroatoms. The highest BCUT2D eigenvalue weighted by Crippen LogP contribution is 2.38. The Labute approximate surface area is 367 Å². The van der Waals surface area contributed by atoms with Crippen LogP contribution in [0.1, 0.15) is 168 Å². The van der Waals surface area contributed by atoms with Crippen LogP contribution >= 0.6 is 7.82 Å². The van der Waals surface area contributed by atoms with Crippen molar-refractivity contribution in [3.63, 3.8) is 0 Å². The van der Waals surface area contributed by atoms with Gasteiger partial charge in [-0.2, -0.15) is 0 Å². The average molecular weight is 860 g/mol. The summed E-state index contributed by atoms with van der Waals surface area (Å²) in [5, 5.41) is 0. The van der Waals surface area contributed by atoms with Crippen LogP contribution in [0.3, 0.4) is 0 Å². The molecule has 0 bridgehead atoms. The predicted molar refractivity (Wildman–Crippen MR) is 249 cm³/mol. The molecule has 0 aliphatic heterocycles. The molecule has 0 aromatic heterocycles. The summed E-state index contributed by atoms with van der Waals surface area (Å²) in [5.74, 6) is -0.914. The average Bonchev–Trinajstić information content (AvgIpc) is 3.20. The van der Waals surface area contributed by atoms with Gasteiger partial charge in [0, 0.05) is 12.8 Å². The molecule has 60 heavy (non-hydrogen) atoms. The Bertz CT molecular complexity index is 1290. The molecule has 0 heterocycles. The first-order valence-corrected chi connectivity index (χ1v) is 24.8. The molecule has 0 aliphatic rings. The van der Waals surface area contributed by atoms with E-state index in [9.17, 15) is 19.0 Å². The third-order valence-corrected chi connectivity index (χ3v) is 10.4. The topological polar surface area (TPSA) is 111 Å². The molecule has 0 aromatic carbocycles. The summed E-state index contributed by atoms with van der Waals surface area (Å²) in [6.45, 7) is 4.00. The van der Waals surface area contributed by atoms with E-state index >= 15 is 0 Å². The Morgan fingerprint density at radius 3 is 1.47 bits per heavy atom. The number of quaternary nitrogens is 1. The fourth-order valence-corrected chi connectivity index (χ4v) is 6.51. The molecular formula is C50H86NO8P. The normalized spacial score (nSPS) is 14.3. The standard InChI is InChI=1S/C50H86NO8P/c1-6-8-10-12-14-16-18-20-22-24-25-27-28-30-32-34-36-38-40-42-49(52)56-46-48(47-58-60(54,55)57-45-44-51(3,4)5)59-50(53)43-41-39-37-35-33-31-29-26-23-21-19-17-15-13-11-9-7-2/h9,11,14-17,20-23,29,31,35,37,48H,6-8,10,12-13,18-19,24-28,30,32-34,36,38-47H2,1-5H3/b11-9-,16-14-,17-15-,22-20-,23-21-,31-29-,37-35-/t48-/m1/s1. The van der Waals surface area contributed by atoms with Crippen molar-refractivity contribution in [2.24, 2.45) is 0 Å². The van der Waals surface area contributed by atoms with E-state index < -0.39 is 32.5 Å². The molecule has 0 aromatic rings. The fourth-order valence-electron chi connectivity index (χ4n) is 5.78. The summed E-state index contributed by atoms with van der Waals surface area (Å²) in [7, 11) is 1.11. The van der Waals surface area contributed by atoms with E-state index in [0.29, 0.717) is 30.3 Å². The number of rotatable bonds is 41. The Hall–Kier alpha value is -2.81. The smallest absolute Gasteiger partial charge is 0.306 e. The number of esters is 2. The monoisotopic (exact) mass is 860 g/mol.